The van der Waals surface area contributed by atoms with E-state index in [1.54, 1.807) is 0 Å². The van der Waals surface area contributed by atoms with E-state index in [4.69, 9.17) is 0 Å². The van der Waals surface area contributed by atoms with Gasteiger partial charge < -0.3 is 5.32 Å². The summed E-state index contributed by atoms with van der Waals surface area (Å²) in [6, 6.07) is 4.29. The first-order valence-corrected chi connectivity index (χ1v) is 4.86. The highest BCUT2D eigenvalue weighted by molar-refractivity contribution is 9.10. The molecule has 1 aromatic heterocycles. The van der Waals surface area contributed by atoms with Gasteiger partial charge in [-0.15, -0.1) is 0 Å². The second-order valence-corrected chi connectivity index (χ2v) is 3.47. The van der Waals surface area contributed by atoms with Crippen LogP contribution in [-0.4, -0.2) is 12.0 Å². The van der Waals surface area contributed by atoms with Gasteiger partial charge in [-0.05, 0) is 41.5 Å². The number of halogens is 1. The lowest BCUT2D eigenvalue weighted by Crippen LogP contribution is -2.16. The van der Waals surface area contributed by atoms with Gasteiger partial charge in [0.2, 0.25) is 0 Å². The van der Waals surface area contributed by atoms with Crippen LogP contribution in [0.15, 0.2) is 22.8 Å². The zero-order chi connectivity index (χ0) is 8.97. The Morgan fingerprint density at radius 3 is 2.92 bits per heavy atom. The lowest BCUT2D eigenvalue weighted by molar-refractivity contribution is 0.559. The summed E-state index contributed by atoms with van der Waals surface area (Å²) in [6.07, 6.45) is 2.87. The topological polar surface area (TPSA) is 24.9 Å². The first-order chi connectivity index (χ1) is 5.79. The summed E-state index contributed by atoms with van der Waals surface area (Å²) in [5.41, 5.74) is 1.09. The van der Waals surface area contributed by atoms with Crippen molar-refractivity contribution in [3.05, 3.63) is 28.5 Å². The van der Waals surface area contributed by atoms with Gasteiger partial charge in [-0.1, -0.05) is 6.92 Å². The van der Waals surface area contributed by atoms with E-state index >= 15 is 0 Å². The van der Waals surface area contributed by atoms with Gasteiger partial charge >= 0.3 is 0 Å². The van der Waals surface area contributed by atoms with Gasteiger partial charge in [0.05, 0.1) is 11.7 Å². The highest BCUT2D eigenvalue weighted by atomic mass is 79.9. The molecular formula is C9H13BrN2. The van der Waals surface area contributed by atoms with Crippen LogP contribution in [0.2, 0.25) is 0 Å². The van der Waals surface area contributed by atoms with Crippen molar-refractivity contribution in [1.29, 1.82) is 0 Å². The zero-order valence-electron chi connectivity index (χ0n) is 7.34. The summed E-state index contributed by atoms with van der Waals surface area (Å²) in [5.74, 6) is 0. The van der Waals surface area contributed by atoms with E-state index in [2.05, 4.69) is 33.2 Å². The van der Waals surface area contributed by atoms with E-state index in [0.717, 1.165) is 16.6 Å². The van der Waals surface area contributed by atoms with E-state index in [1.165, 1.54) is 0 Å². The Balaban J connectivity index is 2.92. The fourth-order valence-corrected chi connectivity index (χ4v) is 1.72. The molecule has 0 fully saturated rings. The molecule has 1 atom stereocenters. The molecule has 1 rings (SSSR count). The molecule has 1 aromatic rings. The second-order valence-electron chi connectivity index (χ2n) is 2.62. The first kappa shape index (κ1) is 9.68. The van der Waals surface area contributed by atoms with E-state index < -0.39 is 0 Å². The van der Waals surface area contributed by atoms with Gasteiger partial charge in [0.1, 0.15) is 0 Å². The third-order valence-electron chi connectivity index (χ3n) is 1.87. The van der Waals surface area contributed by atoms with E-state index in [0.29, 0.717) is 6.04 Å². The number of hydrogen-bond donors (Lipinski definition) is 1. The fraction of sp³-hybridized carbons (Fsp3) is 0.444. The molecule has 0 radical (unpaired) electrons. The number of hydrogen-bond acceptors (Lipinski definition) is 2. The minimum Gasteiger partial charge on any atom is -0.312 e. The number of nitrogens with one attached hydrogen (secondary N) is 1. The predicted octanol–water partition coefficient (Wildman–Crippen LogP) is 2.51. The molecule has 0 saturated heterocycles. The largest absolute Gasteiger partial charge is 0.312 e. The van der Waals surface area contributed by atoms with Crippen LogP contribution in [0.5, 0.6) is 0 Å². The molecule has 2 nitrogen and oxygen atoms in total. The van der Waals surface area contributed by atoms with Crippen molar-refractivity contribution < 1.29 is 0 Å². The molecule has 0 aliphatic rings. The third kappa shape index (κ3) is 2.05. The predicted molar refractivity (Wildman–Crippen MR) is 54.0 cm³/mol. The molecule has 0 aliphatic heterocycles. The molecule has 1 unspecified atom stereocenters. The smallest absolute Gasteiger partial charge is 0.0714 e. The van der Waals surface area contributed by atoms with Gasteiger partial charge in [-0.3, -0.25) is 4.98 Å². The van der Waals surface area contributed by atoms with Crippen LogP contribution in [0, 0.1) is 0 Å². The van der Waals surface area contributed by atoms with Crippen molar-refractivity contribution in [3.8, 4) is 0 Å². The summed E-state index contributed by atoms with van der Waals surface area (Å²) < 4.78 is 1.08. The molecule has 66 valence electrons. The molecule has 0 amide bonds. The van der Waals surface area contributed by atoms with Crippen LogP contribution in [0.3, 0.4) is 0 Å². The summed E-state index contributed by atoms with van der Waals surface area (Å²) in [5, 5.41) is 3.22. The van der Waals surface area contributed by atoms with Crippen molar-refractivity contribution in [2.45, 2.75) is 19.4 Å². The molecule has 0 aliphatic carbocycles. The normalized spacial score (nSPS) is 12.9. The minimum absolute atomic E-state index is 0.348. The molecule has 3 heteroatoms. The summed E-state index contributed by atoms with van der Waals surface area (Å²) in [6.45, 7) is 2.14. The number of nitrogens with zero attached hydrogens (tertiary/aromatic N) is 1. The van der Waals surface area contributed by atoms with E-state index in [9.17, 15) is 0 Å². The van der Waals surface area contributed by atoms with Crippen LogP contribution in [0.25, 0.3) is 0 Å². The second kappa shape index (κ2) is 4.58. The molecule has 0 saturated carbocycles. The molecule has 1 heterocycles. The van der Waals surface area contributed by atoms with E-state index in [-0.39, 0.29) is 0 Å². The van der Waals surface area contributed by atoms with Crippen LogP contribution in [0.4, 0.5) is 0 Å². The summed E-state index contributed by atoms with van der Waals surface area (Å²) in [7, 11) is 1.95. The quantitative estimate of drug-likeness (QED) is 0.861. The molecule has 1 N–H and O–H groups in total. The van der Waals surface area contributed by atoms with E-state index in [1.807, 2.05) is 25.4 Å². The lowest BCUT2D eigenvalue weighted by atomic mass is 10.1. The molecule has 0 aromatic carbocycles. The van der Waals surface area contributed by atoms with Crippen LogP contribution in [0.1, 0.15) is 25.1 Å². The average Bonchev–Trinajstić information content (AvgIpc) is 2.10. The fourth-order valence-electron chi connectivity index (χ4n) is 1.19. The lowest BCUT2D eigenvalue weighted by Gasteiger charge is -2.13. The van der Waals surface area contributed by atoms with Gasteiger partial charge in [-0.25, -0.2) is 0 Å². The van der Waals surface area contributed by atoms with Crippen molar-refractivity contribution in [3.63, 3.8) is 0 Å². The van der Waals surface area contributed by atoms with Gasteiger partial charge in [0, 0.05) is 10.7 Å². The van der Waals surface area contributed by atoms with Gasteiger partial charge in [0.25, 0.3) is 0 Å². The molecule has 0 bridgehead atoms. The third-order valence-corrected chi connectivity index (χ3v) is 2.54. The maximum atomic E-state index is 4.31. The van der Waals surface area contributed by atoms with Gasteiger partial charge in [-0.2, -0.15) is 0 Å². The van der Waals surface area contributed by atoms with Crippen LogP contribution in [-0.2, 0) is 0 Å². The monoisotopic (exact) mass is 228 g/mol. The first-order valence-electron chi connectivity index (χ1n) is 4.07. The Morgan fingerprint density at radius 2 is 2.42 bits per heavy atom. The summed E-state index contributed by atoms with van der Waals surface area (Å²) in [4.78, 5) is 4.31. The molecular weight excluding hydrogens is 216 g/mol. The van der Waals surface area contributed by atoms with Crippen molar-refractivity contribution in [2.24, 2.45) is 0 Å². The van der Waals surface area contributed by atoms with Crippen LogP contribution < -0.4 is 5.32 Å². The number of aromatic nitrogens is 1. The Labute approximate surface area is 81.5 Å². The number of rotatable bonds is 3. The average molecular weight is 229 g/mol. The molecule has 12 heavy (non-hydrogen) atoms. The minimum atomic E-state index is 0.348. The van der Waals surface area contributed by atoms with Crippen molar-refractivity contribution >= 4 is 15.9 Å². The Kier molecular flexibility index (Phi) is 3.69. The number of pyridine rings is 1. The van der Waals surface area contributed by atoms with Crippen LogP contribution >= 0.6 is 15.9 Å². The molecule has 0 spiro atoms. The van der Waals surface area contributed by atoms with Gasteiger partial charge in [0.15, 0.2) is 0 Å². The maximum absolute atomic E-state index is 4.31. The summed E-state index contributed by atoms with van der Waals surface area (Å²) >= 11 is 3.48. The highest BCUT2D eigenvalue weighted by Crippen LogP contribution is 2.22. The van der Waals surface area contributed by atoms with Crippen molar-refractivity contribution in [1.82, 2.24) is 10.3 Å². The Bertz CT molecular complexity index is 246. The SMILES string of the molecule is CCC(NC)c1ncccc1Br. The zero-order valence-corrected chi connectivity index (χ0v) is 8.93. The highest BCUT2D eigenvalue weighted by Gasteiger charge is 2.10. The Hall–Kier alpha value is -0.410. The Morgan fingerprint density at radius 1 is 1.67 bits per heavy atom. The standard InChI is InChI=1S/C9H13BrN2/c1-3-8(11-2)9-7(10)5-4-6-12-9/h4-6,8,11H,3H2,1-2H3. The van der Waals surface area contributed by atoms with Crippen molar-refractivity contribution in [2.75, 3.05) is 7.05 Å². The maximum Gasteiger partial charge on any atom is 0.0714 e.